The lowest BCUT2D eigenvalue weighted by molar-refractivity contribution is -0.132. The van der Waals surface area contributed by atoms with E-state index in [1.165, 1.54) is 0 Å². The lowest BCUT2D eigenvalue weighted by atomic mass is 9.72. The van der Waals surface area contributed by atoms with E-state index in [0.717, 1.165) is 13.0 Å². The summed E-state index contributed by atoms with van der Waals surface area (Å²) in [4.78, 5) is 14.7. The molecule has 0 N–H and O–H groups in total. The van der Waals surface area contributed by atoms with Gasteiger partial charge < -0.3 is 0 Å². The van der Waals surface area contributed by atoms with Crippen LogP contribution in [0.25, 0.3) is 0 Å². The summed E-state index contributed by atoms with van der Waals surface area (Å²) in [5.41, 5.74) is -1.19. The highest BCUT2D eigenvalue weighted by molar-refractivity contribution is 5.93. The minimum Gasteiger partial charge on any atom is -0.296 e. The molecular weight excluding hydrogens is 210 g/mol. The van der Waals surface area contributed by atoms with Crippen LogP contribution in [-0.2, 0) is 4.79 Å². The third kappa shape index (κ3) is 2.66. The summed E-state index contributed by atoms with van der Waals surface area (Å²) in [7, 11) is 0. The number of likely N-dealkylation sites (tertiary alicyclic amines) is 1. The van der Waals surface area contributed by atoms with Crippen molar-refractivity contribution in [2.45, 2.75) is 46.6 Å². The molecule has 0 radical (unpaired) electrons. The number of carbonyl (C=O) groups excluding carboxylic acids is 1. The van der Waals surface area contributed by atoms with Crippen LogP contribution in [-0.4, -0.2) is 29.3 Å². The Bertz CT molecular complexity index is 351. The van der Waals surface area contributed by atoms with Crippen LogP contribution in [0.4, 0.5) is 0 Å². The average Bonchev–Trinajstić information content (AvgIpc) is 2.59. The number of rotatable bonds is 2. The van der Waals surface area contributed by atoms with Gasteiger partial charge in [-0.25, -0.2) is 0 Å². The maximum Gasteiger partial charge on any atom is 0.201 e. The van der Waals surface area contributed by atoms with Gasteiger partial charge in [-0.15, -0.1) is 6.42 Å². The number of ketones is 1. The van der Waals surface area contributed by atoms with Gasteiger partial charge in [0.15, 0.2) is 5.41 Å². The lowest BCUT2D eigenvalue weighted by Crippen LogP contribution is -2.45. The van der Waals surface area contributed by atoms with Crippen molar-refractivity contribution in [1.29, 1.82) is 0 Å². The highest BCUT2D eigenvalue weighted by Gasteiger charge is 2.51. The molecule has 0 aromatic heterocycles. The first-order chi connectivity index (χ1) is 7.53. The van der Waals surface area contributed by atoms with E-state index in [1.54, 1.807) is 0 Å². The zero-order valence-electron chi connectivity index (χ0n) is 11.8. The maximum atomic E-state index is 12.5. The zero-order valence-corrected chi connectivity index (χ0v) is 11.8. The van der Waals surface area contributed by atoms with Crippen molar-refractivity contribution in [3.8, 4) is 12.3 Å². The van der Waals surface area contributed by atoms with E-state index in [9.17, 15) is 4.79 Å². The Kier molecular flexibility index (Phi) is 3.38. The molecule has 1 atom stereocenters. The van der Waals surface area contributed by atoms with Gasteiger partial charge in [-0.1, -0.05) is 5.92 Å². The fourth-order valence-corrected chi connectivity index (χ4v) is 2.40. The second-order valence-electron chi connectivity index (χ2n) is 6.78. The molecule has 0 aliphatic carbocycles. The van der Waals surface area contributed by atoms with Gasteiger partial charge in [0.25, 0.3) is 0 Å². The zero-order chi connectivity index (χ0) is 13.5. The molecule has 0 spiro atoms. The molecule has 0 amide bonds. The summed E-state index contributed by atoms with van der Waals surface area (Å²) in [5.74, 6) is 2.85. The van der Waals surface area contributed by atoms with Gasteiger partial charge in [0.2, 0.25) is 5.78 Å². The maximum absolute atomic E-state index is 12.5. The van der Waals surface area contributed by atoms with Crippen molar-refractivity contribution in [2.75, 3.05) is 13.1 Å². The number of Topliss-reactive ketones (excluding diaryl/α,β-unsaturated/α-hetero) is 1. The largest absolute Gasteiger partial charge is 0.296 e. The summed E-state index contributed by atoms with van der Waals surface area (Å²) in [6.45, 7) is 15.6. The highest BCUT2D eigenvalue weighted by Crippen LogP contribution is 2.39. The Balaban J connectivity index is 2.97. The molecule has 17 heavy (non-hydrogen) atoms. The topological polar surface area (TPSA) is 20.3 Å². The first-order valence-electron chi connectivity index (χ1n) is 6.16. The smallest absolute Gasteiger partial charge is 0.201 e. The minimum atomic E-state index is -0.640. The minimum absolute atomic E-state index is 0.0597. The van der Waals surface area contributed by atoms with Crippen LogP contribution in [0, 0.1) is 30.1 Å². The molecule has 1 aliphatic heterocycles. The second kappa shape index (κ2) is 4.07. The summed E-state index contributed by atoms with van der Waals surface area (Å²) in [6, 6.07) is 0. The fourth-order valence-electron chi connectivity index (χ4n) is 2.40. The Hall–Kier alpha value is -0.940. The number of nitrogens with zero attached hydrogens (tertiary/aromatic N) is 1. The number of terminal acetylenes is 1. The number of hydrogen-bond donors (Lipinski definition) is 0. The molecule has 0 saturated carbocycles. The van der Waals surface area contributed by atoms with Crippen molar-refractivity contribution >= 4 is 5.78 Å². The van der Waals surface area contributed by atoms with Gasteiger partial charge in [0.05, 0.1) is 6.92 Å². The molecule has 1 rings (SSSR count). The van der Waals surface area contributed by atoms with E-state index in [0.29, 0.717) is 6.54 Å². The van der Waals surface area contributed by atoms with Crippen molar-refractivity contribution < 1.29 is 4.79 Å². The van der Waals surface area contributed by atoms with Gasteiger partial charge >= 0.3 is 0 Å². The van der Waals surface area contributed by atoms with Gasteiger partial charge in [-0.3, -0.25) is 9.69 Å². The van der Waals surface area contributed by atoms with E-state index in [-0.39, 0.29) is 11.3 Å². The van der Waals surface area contributed by atoms with E-state index in [4.69, 9.17) is 6.42 Å². The molecule has 1 heterocycles. The highest BCUT2D eigenvalue weighted by atomic mass is 16.1. The van der Waals surface area contributed by atoms with E-state index in [2.05, 4.69) is 38.5 Å². The molecule has 0 bridgehead atoms. The second-order valence-corrected chi connectivity index (χ2v) is 6.78. The fraction of sp³-hybridized carbons (Fsp3) is 0.733. The van der Waals surface area contributed by atoms with Crippen molar-refractivity contribution in [2.24, 2.45) is 10.8 Å². The predicted octanol–water partition coefficient (Wildman–Crippen LogP) is 2.54. The number of hydrogen-bond acceptors (Lipinski definition) is 2. The standard InChI is InChI=1S/C15H24NO/c1-8-15(12(17)13(2,3)4)9-10-16(11-15)14(5,6)7/h1H,2,9-11H2,3-7H3/q+1. The van der Waals surface area contributed by atoms with Gasteiger partial charge in [0.1, 0.15) is 5.41 Å². The van der Waals surface area contributed by atoms with Crippen LogP contribution in [0.5, 0.6) is 0 Å². The van der Waals surface area contributed by atoms with Crippen LogP contribution in [0.1, 0.15) is 41.0 Å². The van der Waals surface area contributed by atoms with E-state index >= 15 is 0 Å². The first kappa shape index (κ1) is 14.1. The van der Waals surface area contributed by atoms with Crippen molar-refractivity contribution in [3.05, 3.63) is 6.92 Å². The normalized spacial score (nSPS) is 26.8. The summed E-state index contributed by atoms with van der Waals surface area (Å²) < 4.78 is 0. The quantitative estimate of drug-likeness (QED) is 0.540. The van der Waals surface area contributed by atoms with Crippen LogP contribution < -0.4 is 0 Å². The molecular formula is C15H24NO+. The van der Waals surface area contributed by atoms with Gasteiger partial charge in [-0.05, 0) is 41.0 Å². The van der Waals surface area contributed by atoms with E-state index in [1.807, 2.05) is 13.8 Å². The van der Waals surface area contributed by atoms with Crippen LogP contribution in [0.2, 0.25) is 0 Å². The lowest BCUT2D eigenvalue weighted by Gasteiger charge is -2.33. The Morgan fingerprint density at radius 3 is 2.18 bits per heavy atom. The molecule has 1 aliphatic rings. The monoisotopic (exact) mass is 234 g/mol. The molecule has 94 valence electrons. The van der Waals surface area contributed by atoms with Crippen LogP contribution >= 0.6 is 0 Å². The summed E-state index contributed by atoms with van der Waals surface area (Å²) in [5, 5.41) is 0. The molecule has 1 unspecified atom stereocenters. The molecule has 2 heteroatoms. The molecule has 1 fully saturated rings. The van der Waals surface area contributed by atoms with Gasteiger partial charge in [-0.2, -0.15) is 0 Å². The number of carbonyl (C=O) groups is 1. The summed E-state index contributed by atoms with van der Waals surface area (Å²) >= 11 is 0. The Labute approximate surface area is 106 Å². The molecule has 0 aromatic rings. The van der Waals surface area contributed by atoms with Crippen LogP contribution in [0.15, 0.2) is 0 Å². The van der Waals surface area contributed by atoms with Crippen molar-refractivity contribution in [3.63, 3.8) is 0 Å². The van der Waals surface area contributed by atoms with Crippen molar-refractivity contribution in [1.82, 2.24) is 4.90 Å². The molecule has 0 aromatic carbocycles. The first-order valence-corrected chi connectivity index (χ1v) is 6.16. The third-order valence-corrected chi connectivity index (χ3v) is 3.54. The Morgan fingerprint density at radius 1 is 1.35 bits per heavy atom. The SMILES string of the molecule is C#CC1(C(=O)C([CH2+])(C)C)CCN(C(C)(C)C)C1. The van der Waals surface area contributed by atoms with Crippen LogP contribution in [0.3, 0.4) is 0 Å². The average molecular weight is 234 g/mol. The predicted molar refractivity (Wildman–Crippen MR) is 71.4 cm³/mol. The summed E-state index contributed by atoms with van der Waals surface area (Å²) in [6.07, 6.45) is 6.40. The molecule has 1 saturated heterocycles. The third-order valence-electron chi connectivity index (χ3n) is 3.54. The molecule has 2 nitrogen and oxygen atoms in total. The van der Waals surface area contributed by atoms with Gasteiger partial charge in [0, 0.05) is 18.6 Å². The Morgan fingerprint density at radius 2 is 1.88 bits per heavy atom. The van der Waals surface area contributed by atoms with E-state index < -0.39 is 10.8 Å².